The molecule has 2 heterocycles. The summed E-state index contributed by atoms with van der Waals surface area (Å²) in [5, 5.41) is 6.62. The van der Waals surface area contributed by atoms with Crippen LogP contribution in [0.3, 0.4) is 0 Å². The van der Waals surface area contributed by atoms with Crippen LogP contribution in [0.5, 0.6) is 0 Å². The second kappa shape index (κ2) is 7.12. The SMILES string of the molecule is Cc1cc(C)c(C(=O)NCCc2noc(-c3ccccc3)n2)c(=O)[nH]1. The summed E-state index contributed by atoms with van der Waals surface area (Å²) in [4.78, 5) is 31.1. The first kappa shape index (κ1) is 16.6. The largest absolute Gasteiger partial charge is 0.351 e. The fraction of sp³-hybridized carbons (Fsp3) is 0.222. The van der Waals surface area contributed by atoms with Gasteiger partial charge in [0.15, 0.2) is 5.82 Å². The number of nitrogens with one attached hydrogen (secondary N) is 2. The molecule has 0 unspecified atom stereocenters. The maximum atomic E-state index is 12.2. The highest BCUT2D eigenvalue weighted by atomic mass is 16.5. The van der Waals surface area contributed by atoms with E-state index in [2.05, 4.69) is 20.4 Å². The van der Waals surface area contributed by atoms with Crippen LogP contribution in [-0.2, 0) is 6.42 Å². The molecule has 0 saturated heterocycles. The number of aromatic amines is 1. The lowest BCUT2D eigenvalue weighted by molar-refractivity contribution is 0.0951. The van der Waals surface area contributed by atoms with Gasteiger partial charge in [0.25, 0.3) is 17.4 Å². The van der Waals surface area contributed by atoms with Crippen molar-refractivity contribution < 1.29 is 9.32 Å². The molecule has 1 amide bonds. The Labute approximate surface area is 144 Å². The van der Waals surface area contributed by atoms with Gasteiger partial charge in [-0.05, 0) is 37.6 Å². The van der Waals surface area contributed by atoms with E-state index in [1.165, 1.54) is 0 Å². The Balaban J connectivity index is 1.61. The molecule has 0 spiro atoms. The van der Waals surface area contributed by atoms with Gasteiger partial charge in [-0.15, -0.1) is 0 Å². The minimum absolute atomic E-state index is 0.128. The third-order valence-corrected chi connectivity index (χ3v) is 3.72. The Morgan fingerprint density at radius 3 is 2.72 bits per heavy atom. The first-order chi connectivity index (χ1) is 12.0. The molecular weight excluding hydrogens is 320 g/mol. The third kappa shape index (κ3) is 3.82. The zero-order valence-electron chi connectivity index (χ0n) is 14.0. The molecule has 0 aliphatic heterocycles. The van der Waals surface area contributed by atoms with Gasteiger partial charge in [0.1, 0.15) is 5.56 Å². The minimum Gasteiger partial charge on any atom is -0.351 e. The summed E-state index contributed by atoms with van der Waals surface area (Å²) in [6.45, 7) is 3.82. The van der Waals surface area contributed by atoms with Crippen molar-refractivity contribution in [3.05, 3.63) is 69.4 Å². The van der Waals surface area contributed by atoms with Crippen LogP contribution in [0, 0.1) is 13.8 Å². The number of carbonyl (C=O) groups excluding carboxylic acids is 1. The number of benzene rings is 1. The quantitative estimate of drug-likeness (QED) is 0.741. The highest BCUT2D eigenvalue weighted by molar-refractivity contribution is 5.95. The topological polar surface area (TPSA) is 101 Å². The molecular formula is C18H18N4O3. The molecule has 7 nitrogen and oxygen atoms in total. The van der Waals surface area contributed by atoms with Crippen molar-refractivity contribution in [3.8, 4) is 11.5 Å². The Kier molecular flexibility index (Phi) is 4.74. The summed E-state index contributed by atoms with van der Waals surface area (Å²) in [7, 11) is 0. The lowest BCUT2D eigenvalue weighted by Gasteiger charge is -2.06. The molecule has 1 aromatic carbocycles. The van der Waals surface area contributed by atoms with Crippen LogP contribution in [-0.4, -0.2) is 27.6 Å². The molecule has 25 heavy (non-hydrogen) atoms. The fourth-order valence-corrected chi connectivity index (χ4v) is 2.57. The molecule has 2 aromatic heterocycles. The third-order valence-electron chi connectivity index (χ3n) is 3.72. The van der Waals surface area contributed by atoms with Crippen molar-refractivity contribution >= 4 is 5.91 Å². The van der Waals surface area contributed by atoms with Gasteiger partial charge in [0, 0.05) is 24.2 Å². The fourth-order valence-electron chi connectivity index (χ4n) is 2.57. The summed E-state index contributed by atoms with van der Waals surface area (Å²) < 4.78 is 5.22. The monoisotopic (exact) mass is 338 g/mol. The molecule has 128 valence electrons. The number of aryl methyl sites for hydroxylation is 2. The average Bonchev–Trinajstić information content (AvgIpc) is 3.03. The van der Waals surface area contributed by atoms with E-state index in [0.717, 1.165) is 11.3 Å². The molecule has 3 rings (SSSR count). The summed E-state index contributed by atoms with van der Waals surface area (Å²) >= 11 is 0. The molecule has 0 atom stereocenters. The molecule has 0 aliphatic rings. The van der Waals surface area contributed by atoms with Gasteiger partial charge in [0.2, 0.25) is 0 Å². The van der Waals surface area contributed by atoms with E-state index < -0.39 is 5.91 Å². The number of carbonyl (C=O) groups is 1. The number of hydrogen-bond donors (Lipinski definition) is 2. The van der Waals surface area contributed by atoms with Gasteiger partial charge in [0.05, 0.1) is 0 Å². The molecule has 0 radical (unpaired) electrons. The van der Waals surface area contributed by atoms with Crippen molar-refractivity contribution in [2.24, 2.45) is 0 Å². The molecule has 0 saturated carbocycles. The van der Waals surface area contributed by atoms with Crippen LogP contribution in [0.1, 0.15) is 27.4 Å². The number of H-pyrrole nitrogens is 1. The van der Waals surface area contributed by atoms with E-state index in [1.54, 1.807) is 19.9 Å². The van der Waals surface area contributed by atoms with Gasteiger partial charge >= 0.3 is 0 Å². The van der Waals surface area contributed by atoms with E-state index in [4.69, 9.17) is 4.52 Å². The van der Waals surface area contributed by atoms with Gasteiger partial charge < -0.3 is 14.8 Å². The molecule has 0 fully saturated rings. The zero-order chi connectivity index (χ0) is 17.8. The van der Waals surface area contributed by atoms with Crippen molar-refractivity contribution in [1.29, 1.82) is 0 Å². The average molecular weight is 338 g/mol. The van der Waals surface area contributed by atoms with Crippen molar-refractivity contribution in [3.63, 3.8) is 0 Å². The molecule has 2 N–H and O–H groups in total. The standard InChI is InChI=1S/C18H18N4O3/c1-11-10-12(2)20-17(24)15(11)16(23)19-9-8-14-21-18(25-22-14)13-6-4-3-5-7-13/h3-7,10H,8-9H2,1-2H3,(H,19,23)(H,20,24). The van der Waals surface area contributed by atoms with Crippen molar-refractivity contribution in [1.82, 2.24) is 20.4 Å². The predicted octanol–water partition coefficient (Wildman–Crippen LogP) is 2.01. The van der Waals surface area contributed by atoms with E-state index in [0.29, 0.717) is 30.2 Å². The van der Waals surface area contributed by atoms with Crippen molar-refractivity contribution in [2.75, 3.05) is 6.54 Å². The summed E-state index contributed by atoms with van der Waals surface area (Å²) in [5.74, 6) is 0.520. The Hall–Kier alpha value is -3.22. The lowest BCUT2D eigenvalue weighted by Crippen LogP contribution is -2.32. The van der Waals surface area contributed by atoms with Gasteiger partial charge in [-0.3, -0.25) is 9.59 Å². The Bertz CT molecular complexity index is 944. The summed E-state index contributed by atoms with van der Waals surface area (Å²) in [6, 6.07) is 11.2. The van der Waals surface area contributed by atoms with Gasteiger partial charge in [-0.25, -0.2) is 0 Å². The number of aromatic nitrogens is 3. The molecule has 3 aromatic rings. The van der Waals surface area contributed by atoms with Crippen LogP contribution in [0.15, 0.2) is 45.7 Å². The van der Waals surface area contributed by atoms with E-state index in [1.807, 2.05) is 30.3 Å². The van der Waals surface area contributed by atoms with Crippen LogP contribution < -0.4 is 10.9 Å². The summed E-state index contributed by atoms with van der Waals surface area (Å²) in [6.07, 6.45) is 0.408. The second-order valence-electron chi connectivity index (χ2n) is 5.73. The minimum atomic E-state index is -0.412. The smallest absolute Gasteiger partial charge is 0.261 e. The van der Waals surface area contributed by atoms with Crippen LogP contribution in [0.25, 0.3) is 11.5 Å². The van der Waals surface area contributed by atoms with Crippen molar-refractivity contribution in [2.45, 2.75) is 20.3 Å². The normalized spacial score (nSPS) is 10.6. The maximum Gasteiger partial charge on any atom is 0.261 e. The van der Waals surface area contributed by atoms with Gasteiger partial charge in [-0.1, -0.05) is 23.4 Å². The lowest BCUT2D eigenvalue weighted by atomic mass is 10.1. The predicted molar refractivity (Wildman–Crippen MR) is 92.3 cm³/mol. The number of hydrogen-bond acceptors (Lipinski definition) is 5. The highest BCUT2D eigenvalue weighted by Gasteiger charge is 2.14. The van der Waals surface area contributed by atoms with Gasteiger partial charge in [-0.2, -0.15) is 4.98 Å². The van der Waals surface area contributed by atoms with Crippen LogP contribution in [0.2, 0.25) is 0 Å². The zero-order valence-corrected chi connectivity index (χ0v) is 14.0. The first-order valence-corrected chi connectivity index (χ1v) is 7.91. The van der Waals surface area contributed by atoms with E-state index in [9.17, 15) is 9.59 Å². The Morgan fingerprint density at radius 2 is 2.00 bits per heavy atom. The second-order valence-corrected chi connectivity index (χ2v) is 5.73. The maximum absolute atomic E-state index is 12.2. The first-order valence-electron chi connectivity index (χ1n) is 7.91. The van der Waals surface area contributed by atoms with E-state index in [-0.39, 0.29) is 11.1 Å². The molecule has 7 heteroatoms. The Morgan fingerprint density at radius 1 is 1.24 bits per heavy atom. The summed E-state index contributed by atoms with van der Waals surface area (Å²) in [5.41, 5.74) is 1.95. The molecule has 0 bridgehead atoms. The molecule has 0 aliphatic carbocycles. The number of pyridine rings is 1. The van der Waals surface area contributed by atoms with E-state index >= 15 is 0 Å². The number of nitrogens with zero attached hydrogens (tertiary/aromatic N) is 2. The number of amides is 1. The highest BCUT2D eigenvalue weighted by Crippen LogP contribution is 2.16. The van der Waals surface area contributed by atoms with Crippen LogP contribution in [0.4, 0.5) is 0 Å². The van der Waals surface area contributed by atoms with Crippen LogP contribution >= 0.6 is 0 Å². The number of rotatable bonds is 5.